The number of rotatable bonds is 5. The van der Waals surface area contributed by atoms with Crippen LogP contribution in [0.3, 0.4) is 0 Å². The van der Waals surface area contributed by atoms with Crippen LogP contribution in [0, 0.1) is 0 Å². The molecule has 1 atom stereocenters. The first kappa shape index (κ1) is 17.5. The van der Waals surface area contributed by atoms with Gasteiger partial charge in [0, 0.05) is 31.1 Å². The highest BCUT2D eigenvalue weighted by atomic mass is 32.2. The standard InChI is InChI=1S/C18H24N4O3S/c1-26(24,25)19-11-16(23)21-10-8-14(12-21)17-15-7-2-3-9-22(15)18(20-17)13-5-4-6-13/h2-3,7,9,13-14,19H,4-6,8,10-12H2,1H3. The average Bonchev–Trinajstić information content (AvgIpc) is 3.16. The minimum absolute atomic E-state index is 0.178. The van der Waals surface area contributed by atoms with Crippen LogP contribution in [-0.2, 0) is 14.8 Å². The van der Waals surface area contributed by atoms with E-state index in [1.165, 1.54) is 19.3 Å². The highest BCUT2D eigenvalue weighted by Crippen LogP contribution is 2.38. The van der Waals surface area contributed by atoms with Gasteiger partial charge in [-0.15, -0.1) is 0 Å². The highest BCUT2D eigenvalue weighted by molar-refractivity contribution is 7.88. The van der Waals surface area contributed by atoms with E-state index in [2.05, 4.69) is 21.4 Å². The molecule has 1 aliphatic carbocycles. The molecular formula is C18H24N4O3S. The van der Waals surface area contributed by atoms with E-state index in [4.69, 9.17) is 4.98 Å². The van der Waals surface area contributed by atoms with Crippen LogP contribution < -0.4 is 4.72 Å². The molecule has 1 amide bonds. The third-order valence-electron chi connectivity index (χ3n) is 5.49. The van der Waals surface area contributed by atoms with E-state index >= 15 is 0 Å². The van der Waals surface area contributed by atoms with Crippen molar-refractivity contribution in [3.63, 3.8) is 0 Å². The van der Waals surface area contributed by atoms with Crippen LogP contribution in [0.15, 0.2) is 24.4 Å². The van der Waals surface area contributed by atoms with Crippen molar-refractivity contribution in [1.29, 1.82) is 0 Å². The third-order valence-corrected chi connectivity index (χ3v) is 6.16. The second kappa shape index (κ2) is 6.66. The van der Waals surface area contributed by atoms with Crippen molar-refractivity contribution in [2.24, 2.45) is 0 Å². The van der Waals surface area contributed by atoms with Gasteiger partial charge in [-0.1, -0.05) is 12.5 Å². The predicted octanol–water partition coefficient (Wildman–Crippen LogP) is 1.47. The van der Waals surface area contributed by atoms with Gasteiger partial charge in [0.2, 0.25) is 15.9 Å². The summed E-state index contributed by atoms with van der Waals surface area (Å²) in [4.78, 5) is 19.0. The quantitative estimate of drug-likeness (QED) is 0.856. The molecule has 140 valence electrons. The zero-order valence-electron chi connectivity index (χ0n) is 14.9. The Balaban J connectivity index is 1.53. The maximum Gasteiger partial charge on any atom is 0.237 e. The van der Waals surface area contributed by atoms with Gasteiger partial charge in [-0.05, 0) is 31.4 Å². The maximum absolute atomic E-state index is 12.3. The number of carbonyl (C=O) groups is 1. The molecule has 2 fully saturated rings. The number of sulfonamides is 1. The summed E-state index contributed by atoms with van der Waals surface area (Å²) in [5.74, 6) is 1.70. The number of hydrogen-bond acceptors (Lipinski definition) is 4. The molecule has 0 radical (unpaired) electrons. The fourth-order valence-electron chi connectivity index (χ4n) is 3.86. The third kappa shape index (κ3) is 3.35. The van der Waals surface area contributed by atoms with E-state index in [9.17, 15) is 13.2 Å². The molecule has 8 heteroatoms. The number of hydrogen-bond donors (Lipinski definition) is 1. The molecule has 2 aliphatic rings. The first-order valence-electron chi connectivity index (χ1n) is 9.11. The fourth-order valence-corrected chi connectivity index (χ4v) is 4.24. The zero-order chi connectivity index (χ0) is 18.3. The minimum Gasteiger partial charge on any atom is -0.341 e. The fraction of sp³-hybridized carbons (Fsp3) is 0.556. The Morgan fingerprint density at radius 3 is 2.77 bits per heavy atom. The molecular weight excluding hydrogens is 352 g/mol. The van der Waals surface area contributed by atoms with Gasteiger partial charge >= 0.3 is 0 Å². The summed E-state index contributed by atoms with van der Waals surface area (Å²) >= 11 is 0. The second-order valence-electron chi connectivity index (χ2n) is 7.36. The van der Waals surface area contributed by atoms with Gasteiger partial charge in [0.25, 0.3) is 0 Å². The average molecular weight is 376 g/mol. The number of nitrogens with one attached hydrogen (secondary N) is 1. The Kier molecular flexibility index (Phi) is 4.48. The molecule has 1 saturated carbocycles. The van der Waals surface area contributed by atoms with Crippen molar-refractivity contribution in [1.82, 2.24) is 19.0 Å². The molecule has 1 aliphatic heterocycles. The van der Waals surface area contributed by atoms with Crippen molar-refractivity contribution in [2.75, 3.05) is 25.9 Å². The second-order valence-corrected chi connectivity index (χ2v) is 9.19. The Labute approximate surface area is 153 Å². The lowest BCUT2D eigenvalue weighted by molar-refractivity contribution is -0.128. The molecule has 2 aromatic heterocycles. The number of likely N-dealkylation sites (tertiary alicyclic amines) is 1. The Morgan fingerprint density at radius 1 is 1.27 bits per heavy atom. The monoisotopic (exact) mass is 376 g/mol. The van der Waals surface area contributed by atoms with Gasteiger partial charge in [-0.3, -0.25) is 4.79 Å². The summed E-state index contributed by atoms with van der Waals surface area (Å²) in [6.45, 7) is 1.05. The number of amides is 1. The van der Waals surface area contributed by atoms with E-state index in [0.29, 0.717) is 19.0 Å². The number of fused-ring (bicyclic) bond motifs is 1. The number of pyridine rings is 1. The van der Waals surface area contributed by atoms with Gasteiger partial charge in [0.15, 0.2) is 0 Å². The maximum atomic E-state index is 12.3. The lowest BCUT2D eigenvalue weighted by Gasteiger charge is -2.23. The molecule has 3 heterocycles. The summed E-state index contributed by atoms with van der Waals surface area (Å²) < 4.78 is 26.9. The van der Waals surface area contributed by atoms with Crippen LogP contribution in [0.5, 0.6) is 0 Å². The van der Waals surface area contributed by atoms with Crippen LogP contribution >= 0.6 is 0 Å². The highest BCUT2D eigenvalue weighted by Gasteiger charge is 2.32. The summed E-state index contributed by atoms with van der Waals surface area (Å²) in [5, 5.41) is 0. The number of imidazole rings is 1. The van der Waals surface area contributed by atoms with E-state index in [1.807, 2.05) is 12.1 Å². The van der Waals surface area contributed by atoms with Gasteiger partial charge < -0.3 is 9.30 Å². The van der Waals surface area contributed by atoms with Gasteiger partial charge in [0.1, 0.15) is 5.82 Å². The molecule has 2 aromatic rings. The Bertz CT molecular complexity index is 933. The molecule has 1 unspecified atom stereocenters. The van der Waals surface area contributed by atoms with Crippen LogP contribution in [0.1, 0.15) is 49.0 Å². The number of nitrogens with zero attached hydrogens (tertiary/aromatic N) is 3. The summed E-state index contributed by atoms with van der Waals surface area (Å²) in [6.07, 6.45) is 7.65. The predicted molar refractivity (Wildman–Crippen MR) is 98.6 cm³/mol. The van der Waals surface area contributed by atoms with Gasteiger partial charge in [-0.2, -0.15) is 0 Å². The minimum atomic E-state index is -3.36. The van der Waals surface area contributed by atoms with E-state index in [1.54, 1.807) is 4.90 Å². The first-order valence-corrected chi connectivity index (χ1v) is 11.0. The Hall–Kier alpha value is -1.93. The van der Waals surface area contributed by atoms with Crippen LogP contribution in [0.4, 0.5) is 0 Å². The van der Waals surface area contributed by atoms with Crippen molar-refractivity contribution in [3.05, 3.63) is 35.9 Å². The molecule has 0 aromatic carbocycles. The lowest BCUT2D eigenvalue weighted by Crippen LogP contribution is -2.38. The van der Waals surface area contributed by atoms with Crippen molar-refractivity contribution < 1.29 is 13.2 Å². The molecule has 0 spiro atoms. The smallest absolute Gasteiger partial charge is 0.237 e. The topological polar surface area (TPSA) is 83.8 Å². The first-order chi connectivity index (χ1) is 12.4. The summed E-state index contributed by atoms with van der Waals surface area (Å²) in [5.41, 5.74) is 2.20. The van der Waals surface area contributed by atoms with Crippen LogP contribution in [0.25, 0.3) is 5.52 Å². The van der Waals surface area contributed by atoms with Crippen LogP contribution in [-0.4, -0.2) is 54.5 Å². The van der Waals surface area contributed by atoms with Crippen molar-refractivity contribution in [3.8, 4) is 0 Å². The summed E-state index contributed by atoms with van der Waals surface area (Å²) in [6, 6.07) is 6.15. The van der Waals surface area contributed by atoms with E-state index < -0.39 is 10.0 Å². The molecule has 4 rings (SSSR count). The van der Waals surface area contributed by atoms with Gasteiger partial charge in [-0.25, -0.2) is 18.1 Å². The SMILES string of the molecule is CS(=O)(=O)NCC(=O)N1CCC(c2nc(C3CCC3)n3ccccc23)C1. The van der Waals surface area contributed by atoms with Crippen molar-refractivity contribution >= 4 is 21.4 Å². The molecule has 1 N–H and O–H groups in total. The largest absolute Gasteiger partial charge is 0.341 e. The lowest BCUT2D eigenvalue weighted by atomic mass is 9.85. The summed E-state index contributed by atoms with van der Waals surface area (Å²) in [7, 11) is -3.36. The normalized spacial score (nSPS) is 21.3. The molecule has 1 saturated heterocycles. The number of aromatic nitrogens is 2. The molecule has 7 nitrogen and oxygen atoms in total. The van der Waals surface area contributed by atoms with Gasteiger partial charge in [0.05, 0.1) is 24.0 Å². The number of carbonyl (C=O) groups excluding carboxylic acids is 1. The Morgan fingerprint density at radius 2 is 2.08 bits per heavy atom. The molecule has 0 bridgehead atoms. The van der Waals surface area contributed by atoms with Crippen molar-refractivity contribution in [2.45, 2.75) is 37.5 Å². The van der Waals surface area contributed by atoms with E-state index in [0.717, 1.165) is 29.7 Å². The zero-order valence-corrected chi connectivity index (χ0v) is 15.7. The van der Waals surface area contributed by atoms with Crippen LogP contribution in [0.2, 0.25) is 0 Å². The molecule has 26 heavy (non-hydrogen) atoms. The van der Waals surface area contributed by atoms with E-state index in [-0.39, 0.29) is 18.4 Å².